The van der Waals surface area contributed by atoms with E-state index in [2.05, 4.69) is 15.0 Å². The van der Waals surface area contributed by atoms with Crippen molar-refractivity contribution >= 4 is 44.5 Å². The number of sulfonamides is 1. The second-order valence-corrected chi connectivity index (χ2v) is 9.23. The van der Waals surface area contributed by atoms with Gasteiger partial charge in [0.25, 0.3) is 15.9 Å². The van der Waals surface area contributed by atoms with E-state index in [-0.39, 0.29) is 47.4 Å². The minimum absolute atomic E-state index is 0.102. The molecule has 0 bridgehead atoms. The van der Waals surface area contributed by atoms with E-state index in [4.69, 9.17) is 4.42 Å². The molecule has 1 unspecified atom stereocenters. The van der Waals surface area contributed by atoms with Crippen LogP contribution in [0.3, 0.4) is 0 Å². The van der Waals surface area contributed by atoms with Gasteiger partial charge in [-0.25, -0.2) is 13.2 Å². The van der Waals surface area contributed by atoms with Crippen LogP contribution in [-0.2, 0) is 26.2 Å². The number of aromatic amines is 1. The van der Waals surface area contributed by atoms with Gasteiger partial charge in [-0.05, 0) is 42.3 Å². The predicted octanol–water partition coefficient (Wildman–Crippen LogP) is 0.683. The summed E-state index contributed by atoms with van der Waals surface area (Å²) in [7, 11) is -4.00. The molecule has 0 spiro atoms. The van der Waals surface area contributed by atoms with Crippen LogP contribution in [-0.4, -0.2) is 42.1 Å². The van der Waals surface area contributed by atoms with Gasteiger partial charge in [0.2, 0.25) is 11.8 Å². The Morgan fingerprint density at radius 1 is 1.06 bits per heavy atom. The maximum atomic E-state index is 12.8. The van der Waals surface area contributed by atoms with Crippen LogP contribution in [0.15, 0.2) is 50.5 Å². The molecule has 5 rings (SSSR count). The van der Waals surface area contributed by atoms with Crippen molar-refractivity contribution in [1.82, 2.24) is 15.2 Å². The largest absolute Gasteiger partial charge is 0.417 e. The van der Waals surface area contributed by atoms with Crippen LogP contribution in [0.2, 0.25) is 0 Å². The number of benzene rings is 2. The molecular formula is C20H16N4O7S. The highest BCUT2D eigenvalue weighted by molar-refractivity contribution is 7.92. The van der Waals surface area contributed by atoms with E-state index in [9.17, 15) is 27.6 Å². The Labute approximate surface area is 180 Å². The molecule has 32 heavy (non-hydrogen) atoms. The van der Waals surface area contributed by atoms with Gasteiger partial charge in [0.05, 0.1) is 10.4 Å². The number of carbonyl (C=O) groups is 3. The SMILES string of the molecule is O=C1CCC(N2Cc3cc(NS(=O)(=O)c4ccc5[nH]c(=O)oc5c4)ccc3C2=O)C(=O)N1. The first-order valence-corrected chi connectivity index (χ1v) is 11.1. The first-order chi connectivity index (χ1) is 15.2. The predicted molar refractivity (Wildman–Crippen MR) is 110 cm³/mol. The third-order valence-corrected chi connectivity index (χ3v) is 6.86. The number of nitrogens with zero attached hydrogens (tertiary/aromatic N) is 1. The molecule has 1 atom stereocenters. The lowest BCUT2D eigenvalue weighted by Gasteiger charge is -2.29. The number of imide groups is 1. The summed E-state index contributed by atoms with van der Waals surface area (Å²) in [6.07, 6.45) is 0.384. The maximum absolute atomic E-state index is 12.8. The highest BCUT2D eigenvalue weighted by atomic mass is 32.2. The van der Waals surface area contributed by atoms with Crippen LogP contribution in [0.1, 0.15) is 28.8 Å². The summed E-state index contributed by atoms with van der Waals surface area (Å²) in [5.41, 5.74) is 1.65. The number of anilines is 1. The zero-order chi connectivity index (χ0) is 22.6. The topological polar surface area (TPSA) is 159 Å². The van der Waals surface area contributed by atoms with Crippen molar-refractivity contribution in [2.45, 2.75) is 30.3 Å². The number of aromatic nitrogens is 1. The van der Waals surface area contributed by atoms with Crippen molar-refractivity contribution in [2.24, 2.45) is 0 Å². The smallest absolute Gasteiger partial charge is 0.408 e. The molecule has 0 aliphatic carbocycles. The molecule has 0 saturated carbocycles. The quantitative estimate of drug-likeness (QED) is 0.487. The van der Waals surface area contributed by atoms with E-state index in [0.29, 0.717) is 16.6 Å². The molecule has 11 nitrogen and oxygen atoms in total. The molecule has 3 amide bonds. The molecule has 1 saturated heterocycles. The molecule has 2 aliphatic rings. The fourth-order valence-electron chi connectivity index (χ4n) is 3.94. The number of carbonyl (C=O) groups excluding carboxylic acids is 3. The molecule has 3 aromatic rings. The lowest BCUT2D eigenvalue weighted by Crippen LogP contribution is -2.52. The highest BCUT2D eigenvalue weighted by Crippen LogP contribution is 2.30. The normalized spacial score (nSPS) is 18.7. The van der Waals surface area contributed by atoms with E-state index in [1.165, 1.54) is 41.3 Å². The standard InChI is InChI=1S/C20H16N4O7S/c25-17-6-5-15(18(26)22-17)24-9-10-7-11(1-3-13(10)19(24)27)23-32(29,30)12-2-4-14-16(8-12)31-20(28)21-14/h1-4,7-8,15,23H,5-6,9H2,(H,21,28)(H,22,25,26). The van der Waals surface area contributed by atoms with Gasteiger partial charge in [0.15, 0.2) is 5.58 Å². The molecule has 2 aliphatic heterocycles. The molecule has 3 heterocycles. The Bertz CT molecular complexity index is 1470. The van der Waals surface area contributed by atoms with Gasteiger partial charge in [-0.15, -0.1) is 0 Å². The summed E-state index contributed by atoms with van der Waals surface area (Å²) in [5.74, 6) is -1.93. The van der Waals surface area contributed by atoms with Crippen molar-refractivity contribution in [3.05, 3.63) is 58.1 Å². The Kier molecular flexibility index (Phi) is 4.41. The maximum Gasteiger partial charge on any atom is 0.417 e. The number of fused-ring (bicyclic) bond motifs is 2. The summed E-state index contributed by atoms with van der Waals surface area (Å²) in [6.45, 7) is 0.122. The summed E-state index contributed by atoms with van der Waals surface area (Å²) in [5, 5.41) is 2.24. The van der Waals surface area contributed by atoms with Crippen LogP contribution in [0, 0.1) is 0 Å². The van der Waals surface area contributed by atoms with Crippen LogP contribution >= 0.6 is 0 Å². The summed E-state index contributed by atoms with van der Waals surface area (Å²) in [6, 6.07) is 7.72. The van der Waals surface area contributed by atoms with Crippen molar-refractivity contribution in [3.63, 3.8) is 0 Å². The zero-order valence-corrected chi connectivity index (χ0v) is 17.2. The van der Waals surface area contributed by atoms with Gasteiger partial charge >= 0.3 is 5.76 Å². The molecule has 1 fully saturated rings. The molecular weight excluding hydrogens is 440 g/mol. The second kappa shape index (κ2) is 7.05. The summed E-state index contributed by atoms with van der Waals surface area (Å²) >= 11 is 0. The number of rotatable bonds is 4. The van der Waals surface area contributed by atoms with Crippen molar-refractivity contribution in [3.8, 4) is 0 Å². The number of oxazole rings is 1. The minimum Gasteiger partial charge on any atom is -0.408 e. The third-order valence-electron chi connectivity index (χ3n) is 5.48. The van der Waals surface area contributed by atoms with Gasteiger partial charge in [-0.3, -0.25) is 29.4 Å². The average Bonchev–Trinajstić information content (AvgIpc) is 3.26. The number of hydrogen-bond donors (Lipinski definition) is 3. The lowest BCUT2D eigenvalue weighted by molar-refractivity contribution is -0.136. The van der Waals surface area contributed by atoms with Crippen LogP contribution < -0.4 is 15.8 Å². The number of hydrogen-bond acceptors (Lipinski definition) is 7. The molecule has 0 radical (unpaired) electrons. The summed E-state index contributed by atoms with van der Waals surface area (Å²) < 4.78 is 33.0. The fraction of sp³-hybridized carbons (Fsp3) is 0.200. The van der Waals surface area contributed by atoms with Gasteiger partial charge in [-0.1, -0.05) is 0 Å². The molecule has 2 aromatic carbocycles. The lowest BCUT2D eigenvalue weighted by atomic mass is 10.0. The zero-order valence-electron chi connectivity index (χ0n) is 16.4. The van der Waals surface area contributed by atoms with Crippen molar-refractivity contribution < 1.29 is 27.2 Å². The van der Waals surface area contributed by atoms with Gasteiger partial charge in [-0.2, -0.15) is 0 Å². The monoisotopic (exact) mass is 456 g/mol. The number of nitrogens with one attached hydrogen (secondary N) is 3. The van der Waals surface area contributed by atoms with E-state index in [0.717, 1.165) is 0 Å². The Balaban J connectivity index is 1.39. The Hall–Kier alpha value is -3.93. The fourth-order valence-corrected chi connectivity index (χ4v) is 5.01. The Morgan fingerprint density at radius 3 is 2.66 bits per heavy atom. The first-order valence-electron chi connectivity index (χ1n) is 9.64. The van der Waals surface area contributed by atoms with Crippen LogP contribution in [0.4, 0.5) is 5.69 Å². The van der Waals surface area contributed by atoms with Gasteiger partial charge in [0, 0.05) is 30.3 Å². The number of amides is 3. The van der Waals surface area contributed by atoms with Gasteiger partial charge < -0.3 is 9.32 Å². The second-order valence-electron chi connectivity index (χ2n) is 7.55. The summed E-state index contributed by atoms with van der Waals surface area (Å²) in [4.78, 5) is 51.3. The third kappa shape index (κ3) is 3.34. The molecule has 12 heteroatoms. The Morgan fingerprint density at radius 2 is 1.88 bits per heavy atom. The first kappa shape index (κ1) is 20.0. The van der Waals surface area contributed by atoms with Crippen LogP contribution in [0.25, 0.3) is 11.1 Å². The number of H-pyrrole nitrogens is 1. The number of piperidine rings is 1. The van der Waals surface area contributed by atoms with E-state index in [1.807, 2.05) is 0 Å². The minimum atomic E-state index is -4.00. The van der Waals surface area contributed by atoms with E-state index < -0.39 is 27.7 Å². The van der Waals surface area contributed by atoms with Crippen molar-refractivity contribution in [2.75, 3.05) is 4.72 Å². The van der Waals surface area contributed by atoms with Gasteiger partial charge in [0.1, 0.15) is 6.04 Å². The van der Waals surface area contributed by atoms with E-state index >= 15 is 0 Å². The van der Waals surface area contributed by atoms with E-state index in [1.54, 1.807) is 0 Å². The molecule has 164 valence electrons. The average molecular weight is 456 g/mol. The molecule has 1 aromatic heterocycles. The van der Waals surface area contributed by atoms with Crippen LogP contribution in [0.5, 0.6) is 0 Å². The highest BCUT2D eigenvalue weighted by Gasteiger charge is 2.39. The van der Waals surface area contributed by atoms with Crippen molar-refractivity contribution in [1.29, 1.82) is 0 Å². The molecule has 3 N–H and O–H groups in total.